The van der Waals surface area contributed by atoms with Gasteiger partial charge in [-0.2, -0.15) is 4.39 Å². The first kappa shape index (κ1) is 13.3. The summed E-state index contributed by atoms with van der Waals surface area (Å²) in [4.78, 5) is 18.5. The highest BCUT2D eigenvalue weighted by molar-refractivity contribution is 5.93. The molecule has 2 aromatic heterocycles. The van der Waals surface area contributed by atoms with E-state index in [0.717, 1.165) is 22.9 Å². The monoisotopic (exact) mass is 283 g/mol. The maximum Gasteiger partial charge on any atom is 0.252 e. The standard InChI is InChI=1S/C16H14FN3O/c17-15-6-5-12(10-20-15)16(21)18-8-7-11-9-19-14-4-2-1-3-13(11)14/h1-6,9-10,19H,7-8H2,(H,18,21). The van der Waals surface area contributed by atoms with Gasteiger partial charge in [-0.25, -0.2) is 4.98 Å². The molecule has 4 nitrogen and oxygen atoms in total. The number of carbonyl (C=O) groups is 1. The molecule has 0 fully saturated rings. The van der Waals surface area contributed by atoms with E-state index in [4.69, 9.17) is 0 Å². The van der Waals surface area contributed by atoms with Crippen LogP contribution in [-0.2, 0) is 6.42 Å². The molecule has 3 rings (SSSR count). The van der Waals surface area contributed by atoms with Gasteiger partial charge in [0.1, 0.15) is 0 Å². The smallest absolute Gasteiger partial charge is 0.252 e. The van der Waals surface area contributed by atoms with Crippen molar-refractivity contribution < 1.29 is 9.18 Å². The van der Waals surface area contributed by atoms with Gasteiger partial charge >= 0.3 is 0 Å². The third-order valence-electron chi connectivity index (χ3n) is 3.34. The Morgan fingerprint density at radius 1 is 1.24 bits per heavy atom. The first-order chi connectivity index (χ1) is 10.2. The van der Waals surface area contributed by atoms with E-state index in [9.17, 15) is 9.18 Å². The summed E-state index contributed by atoms with van der Waals surface area (Å²) in [7, 11) is 0. The van der Waals surface area contributed by atoms with E-state index in [2.05, 4.69) is 15.3 Å². The molecule has 106 valence electrons. The van der Waals surface area contributed by atoms with Crippen molar-refractivity contribution in [3.8, 4) is 0 Å². The van der Waals surface area contributed by atoms with Crippen LogP contribution in [0.3, 0.4) is 0 Å². The highest BCUT2D eigenvalue weighted by atomic mass is 19.1. The van der Waals surface area contributed by atoms with Crippen LogP contribution in [0.1, 0.15) is 15.9 Å². The number of carbonyl (C=O) groups excluding carboxylic acids is 1. The van der Waals surface area contributed by atoms with Crippen LogP contribution in [0.2, 0.25) is 0 Å². The van der Waals surface area contributed by atoms with Gasteiger partial charge < -0.3 is 10.3 Å². The molecule has 0 bridgehead atoms. The van der Waals surface area contributed by atoms with E-state index >= 15 is 0 Å². The second kappa shape index (κ2) is 5.75. The third kappa shape index (κ3) is 2.91. The van der Waals surface area contributed by atoms with Crippen LogP contribution in [0.4, 0.5) is 4.39 Å². The Bertz CT molecular complexity index is 765. The molecule has 0 unspecified atom stereocenters. The number of fused-ring (bicyclic) bond motifs is 1. The summed E-state index contributed by atoms with van der Waals surface area (Å²) in [6.45, 7) is 0.512. The molecule has 1 aromatic carbocycles. The van der Waals surface area contributed by atoms with Gasteiger partial charge in [0.25, 0.3) is 5.91 Å². The van der Waals surface area contributed by atoms with Crippen molar-refractivity contribution in [2.75, 3.05) is 6.54 Å². The molecule has 0 spiro atoms. The molecule has 0 radical (unpaired) electrons. The number of H-pyrrole nitrogens is 1. The Balaban J connectivity index is 1.61. The highest BCUT2D eigenvalue weighted by Crippen LogP contribution is 2.17. The van der Waals surface area contributed by atoms with Gasteiger partial charge in [-0.1, -0.05) is 18.2 Å². The van der Waals surface area contributed by atoms with Gasteiger partial charge in [0, 0.05) is 29.8 Å². The van der Waals surface area contributed by atoms with E-state index in [1.165, 1.54) is 18.3 Å². The van der Waals surface area contributed by atoms with Gasteiger partial charge in [0.2, 0.25) is 5.95 Å². The largest absolute Gasteiger partial charge is 0.361 e. The molecular weight excluding hydrogens is 269 g/mol. The summed E-state index contributed by atoms with van der Waals surface area (Å²) in [5, 5.41) is 3.97. The number of rotatable bonds is 4. The third-order valence-corrected chi connectivity index (χ3v) is 3.34. The minimum absolute atomic E-state index is 0.248. The maximum absolute atomic E-state index is 12.7. The number of para-hydroxylation sites is 1. The van der Waals surface area contributed by atoms with Crippen LogP contribution < -0.4 is 5.32 Å². The Hall–Kier alpha value is -2.69. The number of aromatic nitrogens is 2. The van der Waals surface area contributed by atoms with Crippen LogP contribution in [0, 0.1) is 5.95 Å². The number of halogens is 1. The number of hydrogen-bond donors (Lipinski definition) is 2. The van der Waals surface area contributed by atoms with Gasteiger partial charge in [0.15, 0.2) is 0 Å². The first-order valence-electron chi connectivity index (χ1n) is 6.69. The quantitative estimate of drug-likeness (QED) is 0.723. The van der Waals surface area contributed by atoms with Gasteiger partial charge in [-0.15, -0.1) is 0 Å². The fourth-order valence-electron chi connectivity index (χ4n) is 2.26. The Kier molecular flexibility index (Phi) is 3.64. The van der Waals surface area contributed by atoms with Crippen LogP contribution in [0.25, 0.3) is 10.9 Å². The Morgan fingerprint density at radius 3 is 2.90 bits per heavy atom. The summed E-state index contributed by atoms with van der Waals surface area (Å²) >= 11 is 0. The lowest BCUT2D eigenvalue weighted by molar-refractivity contribution is 0.0953. The van der Waals surface area contributed by atoms with E-state index < -0.39 is 5.95 Å². The topological polar surface area (TPSA) is 57.8 Å². The first-order valence-corrected chi connectivity index (χ1v) is 6.69. The minimum atomic E-state index is -0.592. The normalized spacial score (nSPS) is 10.7. The second-order valence-electron chi connectivity index (χ2n) is 4.73. The van der Waals surface area contributed by atoms with E-state index in [-0.39, 0.29) is 5.91 Å². The van der Waals surface area contributed by atoms with Crippen molar-refractivity contribution in [3.63, 3.8) is 0 Å². The number of pyridine rings is 1. The minimum Gasteiger partial charge on any atom is -0.361 e. The summed E-state index contributed by atoms with van der Waals surface area (Å²) < 4.78 is 12.7. The van der Waals surface area contributed by atoms with Gasteiger partial charge in [0.05, 0.1) is 5.56 Å². The molecule has 3 aromatic rings. The van der Waals surface area contributed by atoms with Crippen LogP contribution in [0.5, 0.6) is 0 Å². The number of nitrogens with zero attached hydrogens (tertiary/aromatic N) is 1. The Morgan fingerprint density at radius 2 is 2.10 bits per heavy atom. The van der Waals surface area contributed by atoms with Crippen molar-refractivity contribution in [3.05, 3.63) is 65.9 Å². The van der Waals surface area contributed by atoms with Crippen LogP contribution in [0.15, 0.2) is 48.8 Å². The molecule has 0 atom stereocenters. The average molecular weight is 283 g/mol. The number of benzene rings is 1. The Labute approximate surface area is 121 Å². The lowest BCUT2D eigenvalue weighted by atomic mass is 10.1. The van der Waals surface area contributed by atoms with Crippen molar-refractivity contribution in [2.24, 2.45) is 0 Å². The number of nitrogens with one attached hydrogen (secondary N) is 2. The number of amides is 1. The molecule has 2 heterocycles. The van der Waals surface area contributed by atoms with Crippen molar-refractivity contribution in [1.29, 1.82) is 0 Å². The van der Waals surface area contributed by atoms with Gasteiger partial charge in [-0.05, 0) is 30.2 Å². The molecular formula is C16H14FN3O. The lowest BCUT2D eigenvalue weighted by Crippen LogP contribution is -2.25. The highest BCUT2D eigenvalue weighted by Gasteiger charge is 2.07. The molecule has 21 heavy (non-hydrogen) atoms. The molecule has 1 amide bonds. The fourth-order valence-corrected chi connectivity index (χ4v) is 2.26. The number of aromatic amines is 1. The lowest BCUT2D eigenvalue weighted by Gasteiger charge is -2.04. The predicted molar refractivity (Wildman–Crippen MR) is 78.5 cm³/mol. The molecule has 0 saturated heterocycles. The zero-order chi connectivity index (χ0) is 14.7. The SMILES string of the molecule is O=C(NCCc1c[nH]c2ccccc12)c1ccc(F)nc1. The van der Waals surface area contributed by atoms with Crippen LogP contribution >= 0.6 is 0 Å². The number of hydrogen-bond acceptors (Lipinski definition) is 2. The summed E-state index contributed by atoms with van der Waals surface area (Å²) in [5.74, 6) is -0.840. The van der Waals surface area contributed by atoms with E-state index in [0.29, 0.717) is 12.1 Å². The second-order valence-corrected chi connectivity index (χ2v) is 4.73. The van der Waals surface area contributed by atoms with Gasteiger partial charge in [-0.3, -0.25) is 4.79 Å². The molecule has 0 aliphatic rings. The van der Waals surface area contributed by atoms with E-state index in [1.807, 2.05) is 30.5 Å². The predicted octanol–water partition coefficient (Wildman–Crippen LogP) is 2.67. The zero-order valence-corrected chi connectivity index (χ0v) is 11.3. The van der Waals surface area contributed by atoms with Crippen LogP contribution in [-0.4, -0.2) is 22.4 Å². The maximum atomic E-state index is 12.7. The molecule has 0 aliphatic carbocycles. The van der Waals surface area contributed by atoms with Crippen molar-refractivity contribution in [1.82, 2.24) is 15.3 Å². The van der Waals surface area contributed by atoms with E-state index in [1.54, 1.807) is 0 Å². The molecule has 5 heteroatoms. The summed E-state index contributed by atoms with van der Waals surface area (Å²) in [6.07, 6.45) is 3.91. The molecule has 2 N–H and O–H groups in total. The fraction of sp³-hybridized carbons (Fsp3) is 0.125. The molecule has 0 aliphatic heterocycles. The molecule has 0 saturated carbocycles. The van der Waals surface area contributed by atoms with Crippen molar-refractivity contribution in [2.45, 2.75) is 6.42 Å². The van der Waals surface area contributed by atoms with Crippen molar-refractivity contribution >= 4 is 16.8 Å². The average Bonchev–Trinajstić information content (AvgIpc) is 2.91. The summed E-state index contributed by atoms with van der Waals surface area (Å²) in [6, 6.07) is 10.6. The zero-order valence-electron chi connectivity index (χ0n) is 11.3. The summed E-state index contributed by atoms with van der Waals surface area (Å²) in [5.41, 5.74) is 2.60.